The van der Waals surface area contributed by atoms with Crippen LogP contribution in [0, 0.1) is 0 Å². The molecule has 3 heterocycles. The zero-order valence-corrected chi connectivity index (χ0v) is 20.8. The molecular formula is C26H32ClN3O2S. The van der Waals surface area contributed by atoms with Crippen molar-refractivity contribution in [3.63, 3.8) is 0 Å². The molecule has 1 amide bonds. The van der Waals surface area contributed by atoms with Crippen LogP contribution in [-0.2, 0) is 11.2 Å². The molecule has 2 aliphatic rings. The number of fused-ring (bicyclic) bond motifs is 2. The van der Waals surface area contributed by atoms with Gasteiger partial charge in [0.05, 0.1) is 12.3 Å². The van der Waals surface area contributed by atoms with Gasteiger partial charge in [-0.1, -0.05) is 12.1 Å². The third kappa shape index (κ3) is 5.29. The second-order valence-electron chi connectivity index (χ2n) is 8.70. The largest absolute Gasteiger partial charge is 0.493 e. The number of amides is 1. The first-order chi connectivity index (χ1) is 15.7. The maximum atomic E-state index is 11.9. The molecular weight excluding hydrogens is 454 g/mol. The molecule has 0 bridgehead atoms. The summed E-state index contributed by atoms with van der Waals surface area (Å²) >= 11 is 1.82. The summed E-state index contributed by atoms with van der Waals surface area (Å²) in [4.78, 5) is 18.9. The summed E-state index contributed by atoms with van der Waals surface area (Å²) in [6.45, 7) is 8.53. The molecule has 1 fully saturated rings. The summed E-state index contributed by atoms with van der Waals surface area (Å²) in [6.07, 6.45) is 3.07. The van der Waals surface area contributed by atoms with Gasteiger partial charge in [0.1, 0.15) is 5.75 Å². The van der Waals surface area contributed by atoms with Gasteiger partial charge in [-0.2, -0.15) is 0 Å². The van der Waals surface area contributed by atoms with Crippen LogP contribution in [0.3, 0.4) is 0 Å². The van der Waals surface area contributed by atoms with Gasteiger partial charge < -0.3 is 14.5 Å². The van der Waals surface area contributed by atoms with E-state index in [1.807, 2.05) is 28.4 Å². The fourth-order valence-corrected chi connectivity index (χ4v) is 5.72. The van der Waals surface area contributed by atoms with Gasteiger partial charge in [-0.15, -0.1) is 23.7 Å². The number of halogens is 1. The molecule has 0 aliphatic carbocycles. The number of ether oxygens (including phenoxy) is 1. The van der Waals surface area contributed by atoms with Gasteiger partial charge in [-0.05, 0) is 54.5 Å². The average molecular weight is 486 g/mol. The third-order valence-corrected chi connectivity index (χ3v) is 7.51. The highest BCUT2D eigenvalue weighted by molar-refractivity contribution is 7.17. The van der Waals surface area contributed by atoms with Gasteiger partial charge in [0.2, 0.25) is 5.91 Å². The molecule has 1 saturated heterocycles. The number of hydrogen-bond acceptors (Lipinski definition) is 5. The van der Waals surface area contributed by atoms with E-state index < -0.39 is 0 Å². The Morgan fingerprint density at radius 2 is 1.88 bits per heavy atom. The van der Waals surface area contributed by atoms with Crippen molar-refractivity contribution < 1.29 is 9.53 Å². The fraction of sp³-hybridized carbons (Fsp3) is 0.423. The molecule has 0 saturated carbocycles. The van der Waals surface area contributed by atoms with Gasteiger partial charge >= 0.3 is 0 Å². The van der Waals surface area contributed by atoms with E-state index in [9.17, 15) is 4.79 Å². The minimum absolute atomic E-state index is 0. The Hall–Kier alpha value is -2.28. The minimum atomic E-state index is 0. The first kappa shape index (κ1) is 23.9. The number of piperazine rings is 1. The molecule has 0 spiro atoms. The van der Waals surface area contributed by atoms with Crippen molar-refractivity contribution in [1.82, 2.24) is 4.90 Å². The molecule has 0 unspecified atom stereocenters. The van der Waals surface area contributed by atoms with Crippen molar-refractivity contribution in [2.45, 2.75) is 26.2 Å². The number of thiophene rings is 1. The van der Waals surface area contributed by atoms with Crippen LogP contribution in [0.4, 0.5) is 11.4 Å². The van der Waals surface area contributed by atoms with Crippen molar-refractivity contribution in [3.8, 4) is 5.75 Å². The Balaban J connectivity index is 0.00000259. The van der Waals surface area contributed by atoms with Crippen LogP contribution in [0.2, 0.25) is 0 Å². The summed E-state index contributed by atoms with van der Waals surface area (Å²) in [5.74, 6) is 0.975. The Labute approximate surface area is 206 Å². The highest BCUT2D eigenvalue weighted by Crippen LogP contribution is 2.32. The fourth-order valence-electron chi connectivity index (χ4n) is 4.92. The number of aryl methyl sites for hydroxylation is 1. The van der Waals surface area contributed by atoms with E-state index in [0.717, 1.165) is 70.0 Å². The molecule has 33 heavy (non-hydrogen) atoms. The number of benzene rings is 2. The average Bonchev–Trinajstić information content (AvgIpc) is 3.31. The smallest absolute Gasteiger partial charge is 0.223 e. The highest BCUT2D eigenvalue weighted by atomic mass is 35.5. The SMILES string of the molecule is CC(=O)N1CCCc2ccc(OCCCN3CCN(c4cccc5sccc45)CC3)cc21.Cl. The molecule has 0 radical (unpaired) electrons. The Morgan fingerprint density at radius 3 is 2.70 bits per heavy atom. The number of carbonyl (C=O) groups excluding carboxylic acids is 1. The topological polar surface area (TPSA) is 36.0 Å². The number of hydrogen-bond donors (Lipinski definition) is 0. The normalized spacial score (nSPS) is 16.4. The Bertz CT molecular complexity index is 1090. The van der Waals surface area contributed by atoms with Crippen LogP contribution in [0.1, 0.15) is 25.3 Å². The summed E-state index contributed by atoms with van der Waals surface area (Å²) in [5.41, 5.74) is 3.64. The lowest BCUT2D eigenvalue weighted by Crippen LogP contribution is -2.46. The molecule has 2 aromatic carbocycles. The Morgan fingerprint density at radius 1 is 1.03 bits per heavy atom. The maximum Gasteiger partial charge on any atom is 0.223 e. The van der Waals surface area contributed by atoms with E-state index in [4.69, 9.17) is 4.74 Å². The van der Waals surface area contributed by atoms with Crippen molar-refractivity contribution in [2.75, 3.05) is 55.7 Å². The molecule has 5 nitrogen and oxygen atoms in total. The summed E-state index contributed by atoms with van der Waals surface area (Å²) in [5, 5.41) is 3.57. The van der Waals surface area contributed by atoms with Crippen molar-refractivity contribution >= 4 is 51.1 Å². The summed E-state index contributed by atoms with van der Waals surface area (Å²) in [7, 11) is 0. The van der Waals surface area contributed by atoms with Crippen molar-refractivity contribution in [3.05, 3.63) is 53.4 Å². The predicted molar refractivity (Wildman–Crippen MR) is 141 cm³/mol. The number of anilines is 2. The molecule has 176 valence electrons. The standard InChI is InChI=1S/C26H31N3O2S.ClH/c1-20(30)29-12-3-5-21-8-9-22(19-25(21)29)31-17-4-11-27-13-15-28(16-14-27)24-6-2-7-26-23(24)10-18-32-26;/h2,6-10,18-19H,3-5,11-17H2,1H3;1H. The quantitative estimate of drug-likeness (QED) is 0.449. The van der Waals surface area contributed by atoms with E-state index in [1.54, 1.807) is 6.92 Å². The highest BCUT2D eigenvalue weighted by Gasteiger charge is 2.21. The van der Waals surface area contributed by atoms with E-state index in [2.05, 4.69) is 45.5 Å². The molecule has 5 rings (SSSR count). The van der Waals surface area contributed by atoms with Gasteiger partial charge in [-0.25, -0.2) is 0 Å². The summed E-state index contributed by atoms with van der Waals surface area (Å²) < 4.78 is 7.42. The summed E-state index contributed by atoms with van der Waals surface area (Å²) in [6, 6.07) is 15.1. The third-order valence-electron chi connectivity index (χ3n) is 6.63. The predicted octanol–water partition coefficient (Wildman–Crippen LogP) is 5.21. The zero-order chi connectivity index (χ0) is 21.9. The van der Waals surface area contributed by atoms with E-state index in [1.165, 1.54) is 21.3 Å². The molecule has 0 N–H and O–H groups in total. The molecule has 1 aromatic heterocycles. The monoisotopic (exact) mass is 485 g/mol. The molecule has 0 atom stereocenters. The lowest BCUT2D eigenvalue weighted by atomic mass is 10.0. The van der Waals surface area contributed by atoms with Gasteiger partial charge in [0.15, 0.2) is 0 Å². The lowest BCUT2D eigenvalue weighted by Gasteiger charge is -2.36. The van der Waals surface area contributed by atoms with Crippen LogP contribution in [-0.4, -0.2) is 56.7 Å². The van der Waals surface area contributed by atoms with Crippen LogP contribution in [0.5, 0.6) is 5.75 Å². The molecule has 2 aliphatic heterocycles. The van der Waals surface area contributed by atoms with Crippen LogP contribution in [0.25, 0.3) is 10.1 Å². The van der Waals surface area contributed by atoms with E-state index in [-0.39, 0.29) is 18.3 Å². The second kappa shape index (κ2) is 10.8. The van der Waals surface area contributed by atoms with Crippen LogP contribution in [0.15, 0.2) is 47.8 Å². The number of rotatable bonds is 6. The maximum absolute atomic E-state index is 11.9. The lowest BCUT2D eigenvalue weighted by molar-refractivity contribution is -0.116. The molecule has 7 heteroatoms. The second-order valence-corrected chi connectivity index (χ2v) is 9.65. The zero-order valence-electron chi connectivity index (χ0n) is 19.2. The van der Waals surface area contributed by atoms with Crippen LogP contribution < -0.4 is 14.5 Å². The molecule has 3 aromatic rings. The van der Waals surface area contributed by atoms with Gasteiger partial charge in [0.25, 0.3) is 0 Å². The van der Waals surface area contributed by atoms with Crippen molar-refractivity contribution in [2.24, 2.45) is 0 Å². The van der Waals surface area contributed by atoms with E-state index >= 15 is 0 Å². The number of carbonyl (C=O) groups is 1. The Kier molecular flexibility index (Phi) is 7.78. The van der Waals surface area contributed by atoms with Crippen molar-refractivity contribution in [1.29, 1.82) is 0 Å². The minimum Gasteiger partial charge on any atom is -0.493 e. The van der Waals surface area contributed by atoms with Crippen LogP contribution >= 0.6 is 23.7 Å². The van der Waals surface area contributed by atoms with Gasteiger partial charge in [0, 0.05) is 68.0 Å². The number of nitrogens with zero attached hydrogens (tertiary/aromatic N) is 3. The first-order valence-corrected chi connectivity index (χ1v) is 12.5. The van der Waals surface area contributed by atoms with Gasteiger partial charge in [-0.3, -0.25) is 9.69 Å². The first-order valence-electron chi connectivity index (χ1n) is 11.7. The van der Waals surface area contributed by atoms with E-state index in [0.29, 0.717) is 6.61 Å².